The molecule has 1 N–H and O–H groups in total. The lowest BCUT2D eigenvalue weighted by atomic mass is 9.99. The van der Waals surface area contributed by atoms with E-state index in [1.807, 2.05) is 11.8 Å². The van der Waals surface area contributed by atoms with Crippen molar-refractivity contribution in [3.05, 3.63) is 29.3 Å². The first kappa shape index (κ1) is 15.3. The van der Waals surface area contributed by atoms with Crippen LogP contribution in [0.2, 0.25) is 0 Å². The highest BCUT2D eigenvalue weighted by molar-refractivity contribution is 5.76. The lowest BCUT2D eigenvalue weighted by molar-refractivity contribution is -0.129. The van der Waals surface area contributed by atoms with Crippen molar-refractivity contribution in [2.45, 2.75) is 51.6 Å². The molecule has 0 aliphatic carbocycles. The van der Waals surface area contributed by atoms with Gasteiger partial charge in [0.1, 0.15) is 5.75 Å². The standard InChI is InChI=1S/C18H26N2O2/c1-3-18(21)20-9-8-14(12-20)19-16-5-4-10-22-17-7-6-13(2)11-15(16)17/h6-7,11,14,16,19H,3-5,8-10,12H2,1-2H3/t14-,16+/m1/s1. The van der Waals surface area contributed by atoms with Crippen molar-refractivity contribution in [3.8, 4) is 5.75 Å². The van der Waals surface area contributed by atoms with Gasteiger partial charge in [0.25, 0.3) is 0 Å². The van der Waals surface area contributed by atoms with Gasteiger partial charge in [0, 0.05) is 37.2 Å². The molecule has 0 unspecified atom stereocenters. The van der Waals surface area contributed by atoms with Gasteiger partial charge >= 0.3 is 0 Å². The van der Waals surface area contributed by atoms with Gasteiger partial charge in [-0.25, -0.2) is 0 Å². The molecule has 4 nitrogen and oxygen atoms in total. The summed E-state index contributed by atoms with van der Waals surface area (Å²) in [6.07, 6.45) is 3.81. The largest absolute Gasteiger partial charge is 0.493 e. The molecule has 1 aromatic rings. The summed E-state index contributed by atoms with van der Waals surface area (Å²) in [6, 6.07) is 7.17. The fraction of sp³-hybridized carbons (Fsp3) is 0.611. The van der Waals surface area contributed by atoms with Crippen molar-refractivity contribution >= 4 is 5.91 Å². The number of carbonyl (C=O) groups excluding carboxylic acids is 1. The maximum Gasteiger partial charge on any atom is 0.222 e. The quantitative estimate of drug-likeness (QED) is 0.933. The summed E-state index contributed by atoms with van der Waals surface area (Å²) in [4.78, 5) is 13.8. The van der Waals surface area contributed by atoms with Crippen LogP contribution in [-0.4, -0.2) is 36.5 Å². The van der Waals surface area contributed by atoms with Crippen LogP contribution in [0, 0.1) is 6.92 Å². The number of likely N-dealkylation sites (tertiary alicyclic amines) is 1. The van der Waals surface area contributed by atoms with Gasteiger partial charge in [-0.15, -0.1) is 0 Å². The van der Waals surface area contributed by atoms with Crippen LogP contribution in [0.25, 0.3) is 0 Å². The van der Waals surface area contributed by atoms with Gasteiger partial charge in [-0.3, -0.25) is 4.79 Å². The van der Waals surface area contributed by atoms with Crippen LogP contribution in [0.1, 0.15) is 49.8 Å². The second kappa shape index (κ2) is 6.69. The minimum absolute atomic E-state index is 0.268. The van der Waals surface area contributed by atoms with Gasteiger partial charge in [-0.1, -0.05) is 24.6 Å². The summed E-state index contributed by atoms with van der Waals surface area (Å²) < 4.78 is 5.87. The van der Waals surface area contributed by atoms with Crippen molar-refractivity contribution in [2.75, 3.05) is 19.7 Å². The zero-order valence-electron chi connectivity index (χ0n) is 13.6. The zero-order valence-corrected chi connectivity index (χ0v) is 13.6. The number of benzene rings is 1. The number of ether oxygens (including phenoxy) is 1. The molecular formula is C18H26N2O2. The molecule has 0 aromatic heterocycles. The fourth-order valence-electron chi connectivity index (χ4n) is 3.50. The third-order valence-electron chi connectivity index (χ3n) is 4.72. The van der Waals surface area contributed by atoms with Crippen LogP contribution in [0.4, 0.5) is 0 Å². The minimum Gasteiger partial charge on any atom is -0.493 e. The maximum absolute atomic E-state index is 11.8. The minimum atomic E-state index is 0.268. The first-order valence-electron chi connectivity index (χ1n) is 8.44. The van der Waals surface area contributed by atoms with Gasteiger partial charge in [-0.05, 0) is 32.3 Å². The maximum atomic E-state index is 11.8. The SMILES string of the molecule is CCC(=O)N1CC[C@@H](N[C@H]2CCCOc3ccc(C)cc32)C1. The van der Waals surface area contributed by atoms with Crippen LogP contribution < -0.4 is 10.1 Å². The molecule has 0 saturated carbocycles. The Morgan fingerprint density at radius 2 is 2.27 bits per heavy atom. The monoisotopic (exact) mass is 302 g/mol. The van der Waals surface area contributed by atoms with E-state index < -0.39 is 0 Å². The molecule has 4 heteroatoms. The molecule has 22 heavy (non-hydrogen) atoms. The van der Waals surface area contributed by atoms with E-state index in [4.69, 9.17) is 4.74 Å². The molecule has 0 bridgehead atoms. The van der Waals surface area contributed by atoms with E-state index in [1.165, 1.54) is 11.1 Å². The van der Waals surface area contributed by atoms with E-state index in [0.717, 1.165) is 44.7 Å². The molecule has 2 heterocycles. The number of carbonyl (C=O) groups is 1. The number of hydrogen-bond acceptors (Lipinski definition) is 3. The number of fused-ring (bicyclic) bond motifs is 1. The smallest absolute Gasteiger partial charge is 0.222 e. The number of amides is 1. The molecular weight excluding hydrogens is 276 g/mol. The van der Waals surface area contributed by atoms with Crippen molar-refractivity contribution in [1.29, 1.82) is 0 Å². The van der Waals surface area contributed by atoms with E-state index in [0.29, 0.717) is 18.5 Å². The van der Waals surface area contributed by atoms with E-state index in [2.05, 4.69) is 30.4 Å². The van der Waals surface area contributed by atoms with Crippen molar-refractivity contribution < 1.29 is 9.53 Å². The van der Waals surface area contributed by atoms with Crippen LogP contribution >= 0.6 is 0 Å². The van der Waals surface area contributed by atoms with E-state index in [1.54, 1.807) is 0 Å². The third kappa shape index (κ3) is 3.27. The molecule has 0 spiro atoms. The molecule has 0 radical (unpaired) electrons. The first-order valence-corrected chi connectivity index (χ1v) is 8.44. The normalized spacial score (nSPS) is 24.5. The number of aryl methyl sites for hydroxylation is 1. The molecule has 2 aliphatic heterocycles. The van der Waals surface area contributed by atoms with E-state index in [-0.39, 0.29) is 5.91 Å². The van der Waals surface area contributed by atoms with Crippen LogP contribution in [-0.2, 0) is 4.79 Å². The lowest BCUT2D eigenvalue weighted by Gasteiger charge is -2.23. The summed E-state index contributed by atoms with van der Waals surface area (Å²) in [6.45, 7) is 6.57. The highest BCUT2D eigenvalue weighted by atomic mass is 16.5. The van der Waals surface area contributed by atoms with Crippen molar-refractivity contribution in [2.24, 2.45) is 0 Å². The van der Waals surface area contributed by atoms with E-state index in [9.17, 15) is 4.79 Å². The lowest BCUT2D eigenvalue weighted by Crippen LogP contribution is -2.37. The van der Waals surface area contributed by atoms with Gasteiger partial charge < -0.3 is 15.0 Å². The highest BCUT2D eigenvalue weighted by Crippen LogP contribution is 2.33. The zero-order chi connectivity index (χ0) is 15.5. The van der Waals surface area contributed by atoms with Crippen molar-refractivity contribution in [1.82, 2.24) is 10.2 Å². The number of hydrogen-bond donors (Lipinski definition) is 1. The second-order valence-electron chi connectivity index (χ2n) is 6.43. The Labute approximate surface area is 132 Å². The average Bonchev–Trinajstić information content (AvgIpc) is 2.90. The molecule has 2 aliphatic rings. The Kier molecular flexibility index (Phi) is 4.67. The van der Waals surface area contributed by atoms with Gasteiger partial charge in [0.2, 0.25) is 5.91 Å². The Morgan fingerprint density at radius 3 is 3.09 bits per heavy atom. The summed E-state index contributed by atoms with van der Waals surface area (Å²) in [5.74, 6) is 1.28. The third-order valence-corrected chi connectivity index (χ3v) is 4.72. The summed E-state index contributed by atoms with van der Waals surface area (Å²) in [5.41, 5.74) is 2.54. The van der Waals surface area contributed by atoms with Crippen LogP contribution in [0.15, 0.2) is 18.2 Å². The first-order chi connectivity index (χ1) is 10.7. The molecule has 1 amide bonds. The molecule has 3 rings (SSSR count). The average molecular weight is 302 g/mol. The molecule has 2 atom stereocenters. The van der Waals surface area contributed by atoms with E-state index >= 15 is 0 Å². The highest BCUT2D eigenvalue weighted by Gasteiger charge is 2.29. The predicted octanol–water partition coefficient (Wildman–Crippen LogP) is 2.81. The van der Waals surface area contributed by atoms with Gasteiger partial charge in [0.05, 0.1) is 6.61 Å². The van der Waals surface area contributed by atoms with Gasteiger partial charge in [-0.2, -0.15) is 0 Å². The summed E-state index contributed by atoms with van der Waals surface area (Å²) in [5, 5.41) is 3.78. The Balaban J connectivity index is 1.71. The number of nitrogens with one attached hydrogen (secondary N) is 1. The molecule has 1 aromatic carbocycles. The van der Waals surface area contributed by atoms with Crippen LogP contribution in [0.5, 0.6) is 5.75 Å². The summed E-state index contributed by atoms with van der Waals surface area (Å²) >= 11 is 0. The fourth-order valence-corrected chi connectivity index (χ4v) is 3.50. The topological polar surface area (TPSA) is 41.6 Å². The van der Waals surface area contributed by atoms with Crippen molar-refractivity contribution in [3.63, 3.8) is 0 Å². The Hall–Kier alpha value is -1.55. The predicted molar refractivity (Wildman–Crippen MR) is 87.1 cm³/mol. The van der Waals surface area contributed by atoms with Gasteiger partial charge in [0.15, 0.2) is 0 Å². The van der Waals surface area contributed by atoms with Crippen LogP contribution in [0.3, 0.4) is 0 Å². The Bertz CT molecular complexity index is 544. The number of nitrogens with zero attached hydrogens (tertiary/aromatic N) is 1. The molecule has 120 valence electrons. The molecule has 1 saturated heterocycles. The molecule has 1 fully saturated rings. The number of rotatable bonds is 3. The second-order valence-corrected chi connectivity index (χ2v) is 6.43. The Morgan fingerprint density at radius 1 is 1.41 bits per heavy atom. The summed E-state index contributed by atoms with van der Waals surface area (Å²) in [7, 11) is 0.